The van der Waals surface area contributed by atoms with E-state index in [-0.39, 0.29) is 6.03 Å². The first-order valence-corrected chi connectivity index (χ1v) is 11.1. The first-order chi connectivity index (χ1) is 14.2. The van der Waals surface area contributed by atoms with E-state index >= 15 is 0 Å². The predicted octanol–water partition coefficient (Wildman–Crippen LogP) is 1.54. The topological polar surface area (TPSA) is 42.5 Å². The van der Waals surface area contributed by atoms with Crippen molar-refractivity contribution < 1.29 is 9.53 Å². The zero-order valence-electron chi connectivity index (χ0n) is 17.5. The van der Waals surface area contributed by atoms with Crippen molar-refractivity contribution in [2.24, 2.45) is 0 Å². The summed E-state index contributed by atoms with van der Waals surface area (Å²) in [6, 6.07) is 10.1. The van der Waals surface area contributed by atoms with Crippen molar-refractivity contribution in [3.05, 3.63) is 24.3 Å². The summed E-state index contributed by atoms with van der Waals surface area (Å²) in [7, 11) is 1.87. The van der Waals surface area contributed by atoms with Gasteiger partial charge in [0.05, 0.1) is 13.2 Å². The van der Waals surface area contributed by atoms with Gasteiger partial charge in [0.15, 0.2) is 0 Å². The molecule has 4 fully saturated rings. The molecule has 5 rings (SSSR count). The van der Waals surface area contributed by atoms with E-state index in [2.05, 4.69) is 39.0 Å². The Hall–Kier alpha value is -1.83. The maximum atomic E-state index is 12.3. The zero-order valence-corrected chi connectivity index (χ0v) is 17.5. The highest BCUT2D eigenvalue weighted by Gasteiger charge is 2.37. The van der Waals surface area contributed by atoms with Crippen molar-refractivity contribution in [2.45, 2.75) is 24.9 Å². The molecule has 2 amide bonds. The van der Waals surface area contributed by atoms with E-state index in [1.807, 2.05) is 11.9 Å². The number of morpholine rings is 1. The number of piperidine rings is 1. The second kappa shape index (κ2) is 8.13. The molecular formula is C22H33N5O2. The maximum Gasteiger partial charge on any atom is 0.324 e. The van der Waals surface area contributed by atoms with Gasteiger partial charge >= 0.3 is 6.03 Å². The Labute approximate surface area is 173 Å². The molecule has 0 radical (unpaired) electrons. The molecule has 4 aliphatic rings. The molecule has 1 aromatic rings. The van der Waals surface area contributed by atoms with Gasteiger partial charge in [-0.2, -0.15) is 0 Å². The molecule has 4 saturated heterocycles. The normalized spacial score (nSPS) is 25.7. The van der Waals surface area contributed by atoms with Gasteiger partial charge in [-0.1, -0.05) is 6.07 Å². The molecule has 0 bridgehead atoms. The van der Waals surface area contributed by atoms with E-state index in [1.54, 1.807) is 4.90 Å². The fraction of sp³-hybridized carbons (Fsp3) is 0.682. The molecule has 29 heavy (non-hydrogen) atoms. The van der Waals surface area contributed by atoms with Gasteiger partial charge in [-0.3, -0.25) is 14.7 Å². The van der Waals surface area contributed by atoms with E-state index < -0.39 is 0 Å². The lowest BCUT2D eigenvalue weighted by Crippen LogP contribution is -2.64. The number of carbonyl (C=O) groups is 1. The summed E-state index contributed by atoms with van der Waals surface area (Å²) in [5.74, 6) is 0. The summed E-state index contributed by atoms with van der Waals surface area (Å²) in [4.78, 5) is 23.8. The van der Waals surface area contributed by atoms with Crippen molar-refractivity contribution in [2.75, 3.05) is 82.4 Å². The van der Waals surface area contributed by atoms with Crippen molar-refractivity contribution in [1.29, 1.82) is 0 Å². The summed E-state index contributed by atoms with van der Waals surface area (Å²) in [5.41, 5.74) is 2.27. The van der Waals surface area contributed by atoms with Crippen LogP contribution in [0.5, 0.6) is 0 Å². The minimum atomic E-state index is 0.105. The molecule has 158 valence electrons. The van der Waals surface area contributed by atoms with Crippen LogP contribution in [0, 0.1) is 0 Å². The second-order valence-corrected chi connectivity index (χ2v) is 8.85. The first-order valence-electron chi connectivity index (χ1n) is 11.1. The number of urea groups is 1. The van der Waals surface area contributed by atoms with Crippen molar-refractivity contribution >= 4 is 17.4 Å². The largest absolute Gasteiger partial charge is 0.379 e. The third-order valence-electron chi connectivity index (χ3n) is 7.16. The summed E-state index contributed by atoms with van der Waals surface area (Å²) in [5, 5.41) is 0. The molecule has 0 spiro atoms. The summed E-state index contributed by atoms with van der Waals surface area (Å²) >= 11 is 0. The summed E-state index contributed by atoms with van der Waals surface area (Å²) in [6.45, 7) is 10.2. The first kappa shape index (κ1) is 19.2. The minimum absolute atomic E-state index is 0.105. The van der Waals surface area contributed by atoms with Gasteiger partial charge in [-0.25, -0.2) is 4.79 Å². The number of likely N-dealkylation sites (N-methyl/N-ethyl adjacent to an activating group) is 1. The molecule has 0 aromatic heterocycles. The van der Waals surface area contributed by atoms with Crippen molar-refractivity contribution in [3.8, 4) is 0 Å². The van der Waals surface area contributed by atoms with E-state index in [9.17, 15) is 4.79 Å². The maximum absolute atomic E-state index is 12.3. The third-order valence-corrected chi connectivity index (χ3v) is 7.16. The molecule has 0 saturated carbocycles. The van der Waals surface area contributed by atoms with Gasteiger partial charge in [0.2, 0.25) is 0 Å². The van der Waals surface area contributed by atoms with Crippen LogP contribution in [0.15, 0.2) is 24.3 Å². The minimum Gasteiger partial charge on any atom is -0.379 e. The highest BCUT2D eigenvalue weighted by atomic mass is 16.5. The van der Waals surface area contributed by atoms with Crippen LogP contribution >= 0.6 is 0 Å². The van der Waals surface area contributed by atoms with Gasteiger partial charge < -0.3 is 14.5 Å². The van der Waals surface area contributed by atoms with Crippen LogP contribution in [0.4, 0.5) is 16.2 Å². The lowest BCUT2D eigenvalue weighted by atomic mass is 9.96. The van der Waals surface area contributed by atoms with Crippen LogP contribution in [0.25, 0.3) is 0 Å². The molecule has 4 aliphatic heterocycles. The Kier molecular flexibility index (Phi) is 5.37. The summed E-state index contributed by atoms with van der Waals surface area (Å²) in [6.07, 6.45) is 2.46. The molecule has 7 heteroatoms. The zero-order chi connectivity index (χ0) is 19.8. The lowest BCUT2D eigenvalue weighted by Gasteiger charge is -2.51. The van der Waals surface area contributed by atoms with Gasteiger partial charge in [-0.15, -0.1) is 0 Å². The predicted molar refractivity (Wildman–Crippen MR) is 115 cm³/mol. The Balaban J connectivity index is 1.14. The number of carbonyl (C=O) groups excluding carboxylic acids is 1. The molecule has 1 aromatic carbocycles. The number of amides is 2. The fourth-order valence-corrected chi connectivity index (χ4v) is 5.19. The van der Waals surface area contributed by atoms with Crippen molar-refractivity contribution in [1.82, 2.24) is 14.7 Å². The Morgan fingerprint density at radius 3 is 2.28 bits per heavy atom. The molecule has 7 nitrogen and oxygen atoms in total. The fourth-order valence-electron chi connectivity index (χ4n) is 5.19. The standard InChI is InChI=1S/C22H33N5O2/c1-23-9-10-27(22(23)28)20-4-2-3-19(15-20)24-7-5-18(6-8-24)26-16-21(17-26)25-11-13-29-14-12-25/h2-4,15,18,21H,5-14,16-17H2,1H3. The molecule has 0 N–H and O–H groups in total. The second-order valence-electron chi connectivity index (χ2n) is 8.85. The van der Waals surface area contributed by atoms with Crippen LogP contribution in [-0.4, -0.2) is 105 Å². The number of likely N-dealkylation sites (tertiary alicyclic amines) is 1. The van der Waals surface area contributed by atoms with Crippen LogP contribution in [0.2, 0.25) is 0 Å². The number of benzene rings is 1. The number of anilines is 2. The van der Waals surface area contributed by atoms with Crippen LogP contribution in [-0.2, 0) is 4.74 Å². The van der Waals surface area contributed by atoms with E-state index in [1.165, 1.54) is 31.6 Å². The van der Waals surface area contributed by atoms with Crippen LogP contribution < -0.4 is 9.80 Å². The average molecular weight is 400 g/mol. The number of nitrogens with zero attached hydrogens (tertiary/aromatic N) is 5. The lowest BCUT2D eigenvalue weighted by molar-refractivity contribution is -0.0481. The molecule has 0 atom stereocenters. The molecule has 4 heterocycles. The van der Waals surface area contributed by atoms with Crippen LogP contribution in [0.1, 0.15) is 12.8 Å². The van der Waals surface area contributed by atoms with Gasteiger partial charge in [0.25, 0.3) is 0 Å². The Morgan fingerprint density at radius 2 is 1.59 bits per heavy atom. The van der Waals surface area contributed by atoms with E-state index in [0.717, 1.165) is 70.3 Å². The molecular weight excluding hydrogens is 366 g/mol. The Morgan fingerprint density at radius 1 is 0.862 bits per heavy atom. The Bertz CT molecular complexity index is 724. The van der Waals surface area contributed by atoms with Crippen molar-refractivity contribution in [3.63, 3.8) is 0 Å². The monoisotopic (exact) mass is 399 g/mol. The summed E-state index contributed by atoms with van der Waals surface area (Å²) < 4.78 is 5.48. The number of hydrogen-bond acceptors (Lipinski definition) is 5. The van der Waals surface area contributed by atoms with Gasteiger partial charge in [0.1, 0.15) is 0 Å². The number of rotatable bonds is 4. The van der Waals surface area contributed by atoms with E-state index in [0.29, 0.717) is 0 Å². The van der Waals surface area contributed by atoms with E-state index in [4.69, 9.17) is 4.74 Å². The molecule has 0 unspecified atom stereocenters. The molecule has 0 aliphatic carbocycles. The van der Waals surface area contributed by atoms with Crippen LogP contribution in [0.3, 0.4) is 0 Å². The smallest absolute Gasteiger partial charge is 0.324 e. The number of hydrogen-bond donors (Lipinski definition) is 0. The average Bonchev–Trinajstić information content (AvgIpc) is 3.07. The number of ether oxygens (including phenoxy) is 1. The van der Waals surface area contributed by atoms with Gasteiger partial charge in [-0.05, 0) is 31.0 Å². The highest BCUT2D eigenvalue weighted by molar-refractivity contribution is 5.94. The SMILES string of the molecule is CN1CCN(c2cccc(N3CCC(N4CC(N5CCOCC5)C4)CC3)c2)C1=O. The van der Waals surface area contributed by atoms with Gasteiger partial charge in [0, 0.05) is 82.9 Å². The third kappa shape index (κ3) is 3.83. The quantitative estimate of drug-likeness (QED) is 0.769. The highest BCUT2D eigenvalue weighted by Crippen LogP contribution is 2.30.